The predicted molar refractivity (Wildman–Crippen MR) is 195 cm³/mol. The van der Waals surface area contributed by atoms with Crippen LogP contribution in [0.2, 0.25) is 0 Å². The van der Waals surface area contributed by atoms with Crippen LogP contribution in [-0.4, -0.2) is 46.4 Å². The maximum Gasteiger partial charge on any atom is 0.122 e. The number of hydroxylamine groups is 1. The van der Waals surface area contributed by atoms with E-state index in [0.29, 0.717) is 6.54 Å². The topological polar surface area (TPSA) is 93.4 Å². The maximum atomic E-state index is 10.2. The highest BCUT2D eigenvalue weighted by molar-refractivity contribution is 7.94. The number of thiazole rings is 1. The number of ether oxygens (including phenoxy) is 1. The van der Waals surface area contributed by atoms with E-state index in [1.165, 1.54) is 57.5 Å². The van der Waals surface area contributed by atoms with Gasteiger partial charge in [-0.3, -0.25) is 0 Å². The molecule has 45 heavy (non-hydrogen) atoms. The van der Waals surface area contributed by atoms with Gasteiger partial charge in [0.15, 0.2) is 0 Å². The van der Waals surface area contributed by atoms with Crippen molar-refractivity contribution in [1.82, 2.24) is 19.5 Å². The van der Waals surface area contributed by atoms with Crippen LogP contribution in [0.3, 0.4) is 0 Å². The lowest BCUT2D eigenvalue weighted by atomic mass is 10.1. The van der Waals surface area contributed by atoms with Crippen molar-refractivity contribution >= 4 is 29.0 Å². The summed E-state index contributed by atoms with van der Waals surface area (Å²) in [6.45, 7) is 24.9. The van der Waals surface area contributed by atoms with E-state index in [0.717, 1.165) is 55.1 Å². The van der Waals surface area contributed by atoms with Crippen LogP contribution in [0, 0.1) is 11.8 Å². The van der Waals surface area contributed by atoms with Gasteiger partial charge in [-0.2, -0.15) is 0 Å². The number of nitrogens with one attached hydrogen (secondary N) is 2. The van der Waals surface area contributed by atoms with Gasteiger partial charge < -0.3 is 15.3 Å². The first-order valence-electron chi connectivity index (χ1n) is 16.4. The Morgan fingerprint density at radius 2 is 2.00 bits per heavy atom. The molecule has 9 heteroatoms. The van der Waals surface area contributed by atoms with Gasteiger partial charge >= 0.3 is 0 Å². The molecule has 0 amide bonds. The minimum atomic E-state index is 0.176. The van der Waals surface area contributed by atoms with E-state index in [4.69, 9.17) is 15.0 Å². The smallest absolute Gasteiger partial charge is 0.122 e. The lowest BCUT2D eigenvalue weighted by molar-refractivity contribution is 0.0170. The Hall–Kier alpha value is -2.45. The minimum Gasteiger partial charge on any atom is -0.490 e. The molecule has 3 N–H and O–H groups in total. The van der Waals surface area contributed by atoms with Crippen LogP contribution < -0.4 is 10.0 Å². The van der Waals surface area contributed by atoms with Crippen molar-refractivity contribution in [2.24, 2.45) is 0 Å². The molecule has 3 unspecified atom stereocenters. The van der Waals surface area contributed by atoms with Gasteiger partial charge in [0.1, 0.15) is 10.8 Å². The summed E-state index contributed by atoms with van der Waals surface area (Å²) in [5.41, 5.74) is 4.78. The van der Waals surface area contributed by atoms with Gasteiger partial charge in [-0.15, -0.1) is 15.8 Å². The number of unbranched alkanes of at least 4 members (excludes halogenated alkanes) is 2. The second-order valence-corrected chi connectivity index (χ2v) is 12.9. The molecule has 7 nitrogen and oxygen atoms in total. The van der Waals surface area contributed by atoms with Crippen LogP contribution >= 0.6 is 23.5 Å². The third-order valence-electron chi connectivity index (χ3n) is 7.53. The molecule has 1 fully saturated rings. The Bertz CT molecular complexity index is 1180. The van der Waals surface area contributed by atoms with Crippen LogP contribution in [-0.2, 0) is 4.74 Å². The highest BCUT2D eigenvalue weighted by atomic mass is 32.2. The summed E-state index contributed by atoms with van der Waals surface area (Å²) >= 11 is 3.03. The van der Waals surface area contributed by atoms with E-state index in [9.17, 15) is 5.21 Å². The van der Waals surface area contributed by atoms with Gasteiger partial charge in [-0.1, -0.05) is 90.0 Å². The van der Waals surface area contributed by atoms with Gasteiger partial charge in [-0.05, 0) is 75.3 Å². The Morgan fingerprint density at radius 1 is 1.24 bits per heavy atom. The first kappa shape index (κ1) is 40.6. The van der Waals surface area contributed by atoms with Gasteiger partial charge in [0.05, 0.1) is 6.10 Å². The molecule has 1 heterocycles. The lowest BCUT2D eigenvalue weighted by Crippen LogP contribution is -2.31. The molecule has 0 radical (unpaired) electrons. The SMILES string of the molecule is C#N.C=C1CCC(NSN(O)CCNCCCCC)/C1=C/C=C\C(C)c1cnc(C2=CC=C(OC(C)CC)C(C)=CC2)s1.CC. The van der Waals surface area contributed by atoms with Crippen LogP contribution in [0.1, 0.15) is 109 Å². The highest BCUT2D eigenvalue weighted by Crippen LogP contribution is 2.33. The monoisotopic (exact) mass is 655 g/mol. The molecule has 250 valence electrons. The number of allylic oxidation sites excluding steroid dienone is 8. The van der Waals surface area contributed by atoms with Crippen molar-refractivity contribution in [3.05, 3.63) is 81.6 Å². The molecule has 2 aliphatic rings. The Labute approximate surface area is 282 Å². The van der Waals surface area contributed by atoms with Gasteiger partial charge in [0.2, 0.25) is 0 Å². The number of aromatic nitrogens is 1. The zero-order valence-electron chi connectivity index (χ0n) is 28.6. The molecule has 3 atom stereocenters. The quantitative estimate of drug-likeness (QED) is 0.0868. The van der Waals surface area contributed by atoms with Crippen molar-refractivity contribution in [3.8, 4) is 6.57 Å². The molecule has 0 aromatic carbocycles. The molecule has 0 bridgehead atoms. The number of nitriles is 1. The van der Waals surface area contributed by atoms with Gasteiger partial charge in [-0.25, -0.2) is 15.0 Å². The Kier molecular flexibility index (Phi) is 21.5. The number of nitrogens with zero attached hydrogens (tertiary/aromatic N) is 3. The van der Waals surface area contributed by atoms with E-state index in [1.54, 1.807) is 11.3 Å². The molecular formula is C36H57N5O2S2. The van der Waals surface area contributed by atoms with E-state index in [-0.39, 0.29) is 18.1 Å². The average molecular weight is 656 g/mol. The summed E-state index contributed by atoms with van der Waals surface area (Å²) in [7, 11) is 0. The number of hydrogen-bond acceptors (Lipinski definition) is 9. The zero-order chi connectivity index (χ0) is 33.6. The summed E-state index contributed by atoms with van der Waals surface area (Å²) in [4.78, 5) is 6.01. The van der Waals surface area contributed by atoms with E-state index in [1.807, 2.05) is 20.0 Å². The normalized spacial score (nSPS) is 18.7. The van der Waals surface area contributed by atoms with E-state index >= 15 is 0 Å². The largest absolute Gasteiger partial charge is 0.490 e. The van der Waals surface area contributed by atoms with Gasteiger partial charge in [0, 0.05) is 54.8 Å². The van der Waals surface area contributed by atoms with Crippen molar-refractivity contribution in [1.29, 1.82) is 5.26 Å². The maximum absolute atomic E-state index is 10.2. The fourth-order valence-electron chi connectivity index (χ4n) is 4.59. The molecule has 0 aliphatic heterocycles. The minimum absolute atomic E-state index is 0.176. The summed E-state index contributed by atoms with van der Waals surface area (Å²) < 4.78 is 10.8. The third-order valence-corrected chi connectivity index (χ3v) is 9.59. The standard InChI is InChI=1S/C33H50N4O2S2.C2H6.CHN/c1-7-9-10-20-34-21-22-37(38)41-36-30-18-15-24(3)29(30)13-11-12-26(5)32-23-35-33(40-32)28-16-14-25(4)31(19-17-28)39-27(6)8-2;2*1-2/h11-14,17,19,23,26-27,30,34,36,38H,3,7-10,15-16,18,20-22H2,1-2,4-6H3;1-2H3;1H/b12-11-,29-13+;;. The molecule has 3 rings (SSSR count). The van der Waals surface area contributed by atoms with Crippen LogP contribution in [0.5, 0.6) is 0 Å². The predicted octanol–water partition coefficient (Wildman–Crippen LogP) is 9.67. The van der Waals surface area contributed by atoms with Crippen molar-refractivity contribution in [2.75, 3.05) is 19.6 Å². The first-order valence-corrected chi connectivity index (χ1v) is 18.0. The summed E-state index contributed by atoms with van der Waals surface area (Å²) in [5.74, 6) is 1.21. The molecule has 2 aliphatic carbocycles. The fraction of sp³-hybridized carbons (Fsp3) is 0.556. The lowest BCUT2D eigenvalue weighted by Gasteiger charge is -2.18. The third kappa shape index (κ3) is 14.7. The molecule has 1 saturated carbocycles. The number of hydrogen-bond donors (Lipinski definition) is 3. The molecular weight excluding hydrogens is 599 g/mol. The van der Waals surface area contributed by atoms with E-state index in [2.05, 4.69) is 94.3 Å². The average Bonchev–Trinajstić information content (AvgIpc) is 3.65. The molecule has 1 aromatic rings. The van der Waals surface area contributed by atoms with Crippen molar-refractivity contribution in [3.63, 3.8) is 0 Å². The molecule has 0 spiro atoms. The highest BCUT2D eigenvalue weighted by Gasteiger charge is 2.24. The molecule has 1 aromatic heterocycles. The Morgan fingerprint density at radius 3 is 2.71 bits per heavy atom. The van der Waals surface area contributed by atoms with Crippen LogP contribution in [0.15, 0.2) is 71.7 Å². The molecule has 0 saturated heterocycles. The second-order valence-electron chi connectivity index (χ2n) is 11.0. The summed E-state index contributed by atoms with van der Waals surface area (Å²) in [5, 5.41) is 21.2. The zero-order valence-corrected chi connectivity index (χ0v) is 30.3. The van der Waals surface area contributed by atoms with Crippen LogP contribution in [0.4, 0.5) is 0 Å². The van der Waals surface area contributed by atoms with Crippen LogP contribution in [0.25, 0.3) is 5.57 Å². The summed E-state index contributed by atoms with van der Waals surface area (Å²) in [6, 6.07) is 0.176. The fourth-order valence-corrected chi connectivity index (χ4v) is 6.24. The van der Waals surface area contributed by atoms with Gasteiger partial charge in [0.25, 0.3) is 0 Å². The number of rotatable bonds is 17. The first-order chi connectivity index (χ1) is 21.8. The van der Waals surface area contributed by atoms with E-state index < -0.39 is 0 Å². The Balaban J connectivity index is 0.00000243. The second kappa shape index (κ2) is 23.8. The summed E-state index contributed by atoms with van der Waals surface area (Å²) in [6.07, 6.45) is 22.7. The van der Waals surface area contributed by atoms with Crippen molar-refractivity contribution in [2.45, 2.75) is 111 Å². The van der Waals surface area contributed by atoms with Crippen molar-refractivity contribution < 1.29 is 9.94 Å².